The van der Waals surface area contributed by atoms with Crippen LogP contribution in [0.15, 0.2) is 12.4 Å². The Morgan fingerprint density at radius 2 is 1.88 bits per heavy atom. The average molecular weight is 359 g/mol. The zero-order chi connectivity index (χ0) is 18.7. The lowest BCUT2D eigenvalue weighted by Crippen LogP contribution is -2.43. The van der Waals surface area contributed by atoms with Crippen LogP contribution >= 0.6 is 0 Å². The molecule has 2 aliphatic rings. The Morgan fingerprint density at radius 1 is 1.15 bits per heavy atom. The third-order valence-electron chi connectivity index (χ3n) is 5.35. The fourth-order valence-electron chi connectivity index (χ4n) is 4.00. The molecule has 0 aromatic carbocycles. The topological polar surface area (TPSA) is 69.6 Å². The van der Waals surface area contributed by atoms with E-state index in [4.69, 9.17) is 4.98 Å². The van der Waals surface area contributed by atoms with E-state index in [1.54, 1.807) is 19.3 Å². The van der Waals surface area contributed by atoms with Gasteiger partial charge in [0.05, 0.1) is 23.6 Å². The highest BCUT2D eigenvalue weighted by molar-refractivity contribution is 5.80. The summed E-state index contributed by atoms with van der Waals surface area (Å²) in [6.45, 7) is 4.49. The van der Waals surface area contributed by atoms with Crippen LogP contribution in [0.2, 0.25) is 0 Å². The second kappa shape index (κ2) is 8.12. The minimum atomic E-state index is 0.0177. The highest BCUT2D eigenvalue weighted by Gasteiger charge is 2.36. The molecule has 26 heavy (non-hydrogen) atoms. The van der Waals surface area contributed by atoms with Crippen LogP contribution in [-0.2, 0) is 16.1 Å². The third kappa shape index (κ3) is 4.20. The van der Waals surface area contributed by atoms with Gasteiger partial charge in [0.1, 0.15) is 0 Å². The summed E-state index contributed by atoms with van der Waals surface area (Å²) in [5.74, 6) is 0.336. The molecule has 2 saturated heterocycles. The summed E-state index contributed by atoms with van der Waals surface area (Å²) >= 11 is 0. The zero-order valence-electron chi connectivity index (χ0n) is 16.0. The number of likely N-dealkylation sites (tertiary alicyclic amines) is 2. The molecule has 2 aliphatic heterocycles. The van der Waals surface area contributed by atoms with Gasteiger partial charge in [-0.25, -0.2) is 0 Å². The standard InChI is InChI=1S/C19H29N5O2/c1-14(25)23-9-6-15(7-10-23)19(26)24-8-4-5-18(24)17-12-20-11-16(21-17)13-22(2)3/h11-12,15,18H,4-10,13H2,1-3H3/t18-/m1/s1. The molecule has 2 fully saturated rings. The molecule has 7 nitrogen and oxygen atoms in total. The molecule has 2 amide bonds. The molecule has 0 aliphatic carbocycles. The summed E-state index contributed by atoms with van der Waals surface area (Å²) in [4.78, 5) is 39.6. The molecule has 3 rings (SSSR count). The van der Waals surface area contributed by atoms with Crippen molar-refractivity contribution < 1.29 is 9.59 Å². The molecule has 3 heterocycles. The van der Waals surface area contributed by atoms with Crippen molar-refractivity contribution in [1.29, 1.82) is 0 Å². The Labute approximate surface area is 155 Å². The van der Waals surface area contributed by atoms with E-state index < -0.39 is 0 Å². The minimum absolute atomic E-state index is 0.0177. The van der Waals surface area contributed by atoms with Gasteiger partial charge in [-0.05, 0) is 39.8 Å². The fourth-order valence-corrected chi connectivity index (χ4v) is 4.00. The lowest BCUT2D eigenvalue weighted by atomic mass is 9.94. The third-order valence-corrected chi connectivity index (χ3v) is 5.35. The van der Waals surface area contributed by atoms with Crippen LogP contribution in [0, 0.1) is 5.92 Å². The SMILES string of the molecule is CC(=O)N1CCC(C(=O)N2CCC[C@@H]2c2cncc(CN(C)C)n2)CC1. The van der Waals surface area contributed by atoms with Gasteiger partial charge < -0.3 is 14.7 Å². The van der Waals surface area contributed by atoms with E-state index in [-0.39, 0.29) is 23.8 Å². The number of carbonyl (C=O) groups excluding carboxylic acids is 2. The van der Waals surface area contributed by atoms with Gasteiger partial charge in [0.25, 0.3) is 0 Å². The van der Waals surface area contributed by atoms with Crippen molar-refractivity contribution in [3.8, 4) is 0 Å². The zero-order valence-corrected chi connectivity index (χ0v) is 16.0. The van der Waals surface area contributed by atoms with Crippen molar-refractivity contribution in [2.45, 2.75) is 45.2 Å². The molecule has 0 N–H and O–H groups in total. The predicted octanol–water partition coefficient (Wildman–Crippen LogP) is 1.46. The average Bonchev–Trinajstić information content (AvgIpc) is 3.10. The Bertz CT molecular complexity index is 655. The van der Waals surface area contributed by atoms with Crippen molar-refractivity contribution in [2.24, 2.45) is 5.92 Å². The Morgan fingerprint density at radius 3 is 2.54 bits per heavy atom. The molecule has 0 radical (unpaired) electrons. The molecule has 0 bridgehead atoms. The molecule has 1 atom stereocenters. The Kier molecular flexibility index (Phi) is 5.86. The van der Waals surface area contributed by atoms with Gasteiger partial charge in [0, 0.05) is 45.2 Å². The lowest BCUT2D eigenvalue weighted by Gasteiger charge is -2.34. The van der Waals surface area contributed by atoms with Crippen LogP contribution in [0.25, 0.3) is 0 Å². The smallest absolute Gasteiger partial charge is 0.226 e. The molecular formula is C19H29N5O2. The number of rotatable bonds is 4. The molecule has 0 unspecified atom stereocenters. The van der Waals surface area contributed by atoms with Crippen LogP contribution in [0.1, 0.15) is 50.0 Å². The van der Waals surface area contributed by atoms with Gasteiger partial charge in [-0.2, -0.15) is 0 Å². The molecule has 0 spiro atoms. The number of hydrogen-bond donors (Lipinski definition) is 0. The van der Waals surface area contributed by atoms with E-state index in [9.17, 15) is 9.59 Å². The highest BCUT2D eigenvalue weighted by atomic mass is 16.2. The Balaban J connectivity index is 1.68. The van der Waals surface area contributed by atoms with Crippen molar-refractivity contribution in [3.05, 3.63) is 23.8 Å². The van der Waals surface area contributed by atoms with Crippen molar-refractivity contribution >= 4 is 11.8 Å². The van der Waals surface area contributed by atoms with E-state index in [1.165, 1.54) is 0 Å². The van der Waals surface area contributed by atoms with Crippen LogP contribution in [0.5, 0.6) is 0 Å². The molecule has 1 aromatic heterocycles. The lowest BCUT2D eigenvalue weighted by molar-refractivity contribution is -0.140. The number of hydrogen-bond acceptors (Lipinski definition) is 5. The Hall–Kier alpha value is -2.02. The molecule has 7 heteroatoms. The van der Waals surface area contributed by atoms with Crippen molar-refractivity contribution in [2.75, 3.05) is 33.7 Å². The number of nitrogens with zero attached hydrogens (tertiary/aromatic N) is 5. The normalized spacial score (nSPS) is 21.5. The minimum Gasteiger partial charge on any atom is -0.343 e. The van der Waals surface area contributed by atoms with Crippen LogP contribution in [0.3, 0.4) is 0 Å². The number of carbonyl (C=O) groups is 2. The van der Waals surface area contributed by atoms with Gasteiger partial charge >= 0.3 is 0 Å². The van der Waals surface area contributed by atoms with Crippen molar-refractivity contribution in [1.82, 2.24) is 24.7 Å². The van der Waals surface area contributed by atoms with Gasteiger partial charge in [-0.3, -0.25) is 19.6 Å². The summed E-state index contributed by atoms with van der Waals surface area (Å²) in [7, 11) is 4.01. The van der Waals surface area contributed by atoms with E-state index in [0.717, 1.165) is 50.2 Å². The maximum absolute atomic E-state index is 13.1. The fraction of sp³-hybridized carbons (Fsp3) is 0.684. The molecule has 142 valence electrons. The van der Waals surface area contributed by atoms with E-state index in [1.807, 2.05) is 23.9 Å². The molecule has 0 saturated carbocycles. The quantitative estimate of drug-likeness (QED) is 0.814. The largest absolute Gasteiger partial charge is 0.343 e. The van der Waals surface area contributed by atoms with Crippen LogP contribution < -0.4 is 0 Å². The molecular weight excluding hydrogens is 330 g/mol. The maximum Gasteiger partial charge on any atom is 0.226 e. The van der Waals surface area contributed by atoms with Gasteiger partial charge in [0.15, 0.2) is 0 Å². The highest BCUT2D eigenvalue weighted by Crippen LogP contribution is 2.33. The van der Waals surface area contributed by atoms with Crippen LogP contribution in [0.4, 0.5) is 0 Å². The van der Waals surface area contributed by atoms with Gasteiger partial charge in [-0.15, -0.1) is 0 Å². The second-order valence-corrected chi connectivity index (χ2v) is 7.64. The first-order chi connectivity index (χ1) is 12.5. The molecule has 1 aromatic rings. The summed E-state index contributed by atoms with van der Waals surface area (Å²) in [5.41, 5.74) is 1.83. The second-order valence-electron chi connectivity index (χ2n) is 7.64. The maximum atomic E-state index is 13.1. The summed E-state index contributed by atoms with van der Waals surface area (Å²) in [6.07, 6.45) is 7.05. The number of amides is 2. The first kappa shape index (κ1) is 18.8. The van der Waals surface area contributed by atoms with Gasteiger partial charge in [-0.1, -0.05) is 0 Å². The predicted molar refractivity (Wildman–Crippen MR) is 98.1 cm³/mol. The van der Waals surface area contributed by atoms with E-state index in [2.05, 4.69) is 9.88 Å². The van der Waals surface area contributed by atoms with Crippen molar-refractivity contribution in [3.63, 3.8) is 0 Å². The van der Waals surface area contributed by atoms with Crippen LogP contribution in [-0.4, -0.2) is 70.2 Å². The van der Waals surface area contributed by atoms with E-state index >= 15 is 0 Å². The first-order valence-corrected chi connectivity index (χ1v) is 9.47. The first-order valence-electron chi connectivity index (χ1n) is 9.47. The number of piperidine rings is 1. The summed E-state index contributed by atoms with van der Waals surface area (Å²) < 4.78 is 0. The number of aromatic nitrogens is 2. The van der Waals surface area contributed by atoms with Gasteiger partial charge in [0.2, 0.25) is 11.8 Å². The summed E-state index contributed by atoms with van der Waals surface area (Å²) in [6, 6.07) is 0.0305. The monoisotopic (exact) mass is 359 g/mol. The summed E-state index contributed by atoms with van der Waals surface area (Å²) in [5, 5.41) is 0. The van der Waals surface area contributed by atoms with E-state index in [0.29, 0.717) is 13.1 Å².